The van der Waals surface area contributed by atoms with E-state index >= 15 is 0 Å². The first-order valence-corrected chi connectivity index (χ1v) is 20.4. The summed E-state index contributed by atoms with van der Waals surface area (Å²) in [6, 6.07) is -0.652. The van der Waals surface area contributed by atoms with Crippen molar-refractivity contribution in [2.45, 2.75) is 199 Å². The van der Waals surface area contributed by atoms with Crippen molar-refractivity contribution in [3.05, 3.63) is 48.6 Å². The maximum atomic E-state index is 12.3. The van der Waals surface area contributed by atoms with Crippen LogP contribution >= 0.6 is 0 Å². The van der Waals surface area contributed by atoms with Crippen molar-refractivity contribution in [2.75, 3.05) is 13.2 Å². The van der Waals surface area contributed by atoms with Gasteiger partial charge in [-0.1, -0.05) is 140 Å². The second-order valence-electron chi connectivity index (χ2n) is 13.6. The van der Waals surface area contributed by atoms with Crippen molar-refractivity contribution in [1.29, 1.82) is 0 Å². The monoisotopic (exact) mass is 688 g/mol. The summed E-state index contributed by atoms with van der Waals surface area (Å²) in [4.78, 5) is 24.2. The number of hydrogen-bond donors (Lipinski definition) is 3. The second kappa shape index (κ2) is 38.6. The lowest BCUT2D eigenvalue weighted by Crippen LogP contribution is -2.45. The molecule has 0 aromatic heterocycles. The van der Waals surface area contributed by atoms with E-state index in [0.29, 0.717) is 19.4 Å². The smallest absolute Gasteiger partial charge is 0.305 e. The SMILES string of the molecule is CCC/C=C\C/C=C\CCCCCCCC(=O)OCCCC/C=C\CCCCCCC(=O)NC(CO)C(O)/C=C/CCCCCCCCC. The number of unbranched alkanes of at least 4 members (excludes halogenated alkanes) is 19. The van der Waals surface area contributed by atoms with Crippen LogP contribution in [0.2, 0.25) is 0 Å². The van der Waals surface area contributed by atoms with E-state index in [0.717, 1.165) is 89.9 Å². The fourth-order valence-electron chi connectivity index (χ4n) is 5.60. The molecule has 49 heavy (non-hydrogen) atoms. The standard InChI is InChI=1S/C43H77NO5/c1-3-5-7-9-11-13-14-15-16-21-25-29-33-37-43(48)49-38-34-30-26-22-18-17-20-24-28-32-36-42(47)44-40(39-45)41(46)35-31-27-23-19-12-10-8-6-4-2/h7,9,13-14,18,22,31,35,40-41,45-46H,3-6,8,10-12,15-17,19-21,23-30,32-34,36-39H2,1-2H3,(H,44,47)/b9-7-,14-13-,22-18-,35-31+. The van der Waals surface area contributed by atoms with Crippen LogP contribution in [0.5, 0.6) is 0 Å². The molecular weight excluding hydrogens is 610 g/mol. The lowest BCUT2D eigenvalue weighted by molar-refractivity contribution is -0.143. The van der Waals surface area contributed by atoms with Gasteiger partial charge in [0.1, 0.15) is 0 Å². The Bertz CT molecular complexity index is 849. The zero-order chi connectivity index (χ0) is 35.9. The van der Waals surface area contributed by atoms with E-state index in [4.69, 9.17) is 4.74 Å². The van der Waals surface area contributed by atoms with Crippen LogP contribution in [0.3, 0.4) is 0 Å². The number of ether oxygens (including phenoxy) is 1. The van der Waals surface area contributed by atoms with E-state index in [1.165, 1.54) is 70.6 Å². The first-order valence-electron chi connectivity index (χ1n) is 20.4. The highest BCUT2D eigenvalue weighted by molar-refractivity contribution is 5.76. The largest absolute Gasteiger partial charge is 0.466 e. The van der Waals surface area contributed by atoms with E-state index in [9.17, 15) is 19.8 Å². The third kappa shape index (κ3) is 35.4. The number of aliphatic hydroxyl groups excluding tert-OH is 2. The summed E-state index contributed by atoms with van der Waals surface area (Å²) in [6.45, 7) is 4.68. The molecule has 0 aliphatic rings. The van der Waals surface area contributed by atoms with Crippen LogP contribution in [0.25, 0.3) is 0 Å². The van der Waals surface area contributed by atoms with E-state index in [-0.39, 0.29) is 18.5 Å². The van der Waals surface area contributed by atoms with Crippen molar-refractivity contribution in [3.63, 3.8) is 0 Å². The van der Waals surface area contributed by atoms with Crippen LogP contribution in [0.15, 0.2) is 48.6 Å². The van der Waals surface area contributed by atoms with Crippen LogP contribution in [-0.2, 0) is 14.3 Å². The molecule has 0 aromatic carbocycles. The number of carbonyl (C=O) groups excluding carboxylic acids is 2. The fourth-order valence-corrected chi connectivity index (χ4v) is 5.60. The quantitative estimate of drug-likeness (QED) is 0.0346. The number of allylic oxidation sites excluding steroid dienone is 7. The van der Waals surface area contributed by atoms with E-state index in [1.54, 1.807) is 6.08 Å². The van der Waals surface area contributed by atoms with Gasteiger partial charge in [-0.05, 0) is 83.5 Å². The predicted molar refractivity (Wildman–Crippen MR) is 209 cm³/mol. The minimum absolute atomic E-state index is 0.0561. The molecule has 2 unspecified atom stereocenters. The summed E-state index contributed by atoms with van der Waals surface area (Å²) in [5.41, 5.74) is 0. The van der Waals surface area contributed by atoms with Gasteiger partial charge < -0.3 is 20.3 Å². The molecule has 3 N–H and O–H groups in total. The Kier molecular flexibility index (Phi) is 36.9. The van der Waals surface area contributed by atoms with Crippen LogP contribution in [0.1, 0.15) is 187 Å². The lowest BCUT2D eigenvalue weighted by atomic mass is 10.1. The lowest BCUT2D eigenvalue weighted by Gasteiger charge is -2.20. The first kappa shape index (κ1) is 46.8. The Morgan fingerprint density at radius 2 is 1.06 bits per heavy atom. The molecule has 0 aliphatic heterocycles. The Balaban J connectivity index is 3.60. The molecule has 0 heterocycles. The topological polar surface area (TPSA) is 95.9 Å². The molecule has 6 nitrogen and oxygen atoms in total. The summed E-state index contributed by atoms with van der Waals surface area (Å²) in [6.07, 6.45) is 45.2. The van der Waals surface area contributed by atoms with Gasteiger partial charge in [-0.25, -0.2) is 0 Å². The van der Waals surface area contributed by atoms with E-state index in [2.05, 4.69) is 55.6 Å². The number of amides is 1. The Hall–Kier alpha value is -2.18. The molecule has 0 rings (SSSR count). The molecule has 0 aliphatic carbocycles. The summed E-state index contributed by atoms with van der Waals surface area (Å²) >= 11 is 0. The highest BCUT2D eigenvalue weighted by Gasteiger charge is 2.17. The minimum atomic E-state index is -0.865. The van der Waals surface area contributed by atoms with Gasteiger partial charge >= 0.3 is 5.97 Å². The number of aliphatic hydroxyl groups is 2. The molecule has 0 saturated carbocycles. The molecule has 6 heteroatoms. The molecule has 2 atom stereocenters. The van der Waals surface area contributed by atoms with E-state index < -0.39 is 12.1 Å². The Morgan fingerprint density at radius 3 is 1.65 bits per heavy atom. The van der Waals surface area contributed by atoms with Crippen molar-refractivity contribution >= 4 is 11.9 Å². The molecule has 0 spiro atoms. The summed E-state index contributed by atoms with van der Waals surface area (Å²) in [7, 11) is 0. The molecule has 0 aromatic rings. The van der Waals surface area contributed by atoms with Crippen molar-refractivity contribution in [3.8, 4) is 0 Å². The van der Waals surface area contributed by atoms with Crippen molar-refractivity contribution in [1.82, 2.24) is 5.32 Å². The third-order valence-electron chi connectivity index (χ3n) is 8.79. The predicted octanol–water partition coefficient (Wildman–Crippen LogP) is 11.2. The normalized spacial score (nSPS) is 13.3. The molecular formula is C43H77NO5. The maximum absolute atomic E-state index is 12.3. The van der Waals surface area contributed by atoms with Crippen LogP contribution in [0.4, 0.5) is 0 Å². The first-order chi connectivity index (χ1) is 24.0. The van der Waals surface area contributed by atoms with Gasteiger partial charge in [-0.2, -0.15) is 0 Å². The van der Waals surface area contributed by atoms with Gasteiger partial charge in [-0.15, -0.1) is 0 Å². The van der Waals surface area contributed by atoms with Crippen molar-refractivity contribution in [2.24, 2.45) is 0 Å². The van der Waals surface area contributed by atoms with Gasteiger partial charge in [-0.3, -0.25) is 9.59 Å². The maximum Gasteiger partial charge on any atom is 0.305 e. The van der Waals surface area contributed by atoms with Gasteiger partial charge in [0.05, 0.1) is 25.4 Å². The third-order valence-corrected chi connectivity index (χ3v) is 8.79. The van der Waals surface area contributed by atoms with E-state index in [1.807, 2.05) is 6.08 Å². The number of carbonyl (C=O) groups is 2. The zero-order valence-corrected chi connectivity index (χ0v) is 31.9. The van der Waals surface area contributed by atoms with Gasteiger partial charge in [0.2, 0.25) is 5.91 Å². The molecule has 1 amide bonds. The fraction of sp³-hybridized carbons (Fsp3) is 0.767. The van der Waals surface area contributed by atoms with Crippen LogP contribution < -0.4 is 5.32 Å². The molecule has 0 fully saturated rings. The Labute approximate surface area is 302 Å². The molecule has 0 saturated heterocycles. The van der Waals surface area contributed by atoms with Gasteiger partial charge in [0.15, 0.2) is 0 Å². The number of rotatable bonds is 36. The number of esters is 1. The summed E-state index contributed by atoms with van der Waals surface area (Å²) in [5.74, 6) is -0.167. The average Bonchev–Trinajstić information content (AvgIpc) is 3.10. The highest BCUT2D eigenvalue weighted by atomic mass is 16.5. The average molecular weight is 688 g/mol. The molecule has 0 bridgehead atoms. The van der Waals surface area contributed by atoms with Crippen LogP contribution in [0, 0.1) is 0 Å². The Morgan fingerprint density at radius 1 is 0.571 bits per heavy atom. The van der Waals surface area contributed by atoms with Crippen molar-refractivity contribution < 1.29 is 24.5 Å². The van der Waals surface area contributed by atoms with Gasteiger partial charge in [0.25, 0.3) is 0 Å². The minimum Gasteiger partial charge on any atom is -0.466 e. The molecule has 284 valence electrons. The zero-order valence-electron chi connectivity index (χ0n) is 31.9. The molecule has 0 radical (unpaired) electrons. The number of nitrogens with one attached hydrogen (secondary N) is 1. The van der Waals surface area contributed by atoms with Crippen LogP contribution in [-0.4, -0.2) is 47.4 Å². The summed E-state index contributed by atoms with van der Waals surface area (Å²) < 4.78 is 5.39. The highest BCUT2D eigenvalue weighted by Crippen LogP contribution is 2.11. The number of hydrogen-bond acceptors (Lipinski definition) is 5. The second-order valence-corrected chi connectivity index (χ2v) is 13.6. The summed E-state index contributed by atoms with van der Waals surface area (Å²) in [5, 5.41) is 22.8. The van der Waals surface area contributed by atoms with Gasteiger partial charge in [0, 0.05) is 12.8 Å².